The normalized spacial score (nSPS) is 10.5. The van der Waals surface area contributed by atoms with E-state index < -0.39 is 4.92 Å². The van der Waals surface area contributed by atoms with Gasteiger partial charge in [-0.3, -0.25) is 14.9 Å². The first-order chi connectivity index (χ1) is 10.4. The molecule has 0 unspecified atom stereocenters. The maximum absolute atomic E-state index is 12.0. The number of carbonyl (C=O) groups is 1. The zero-order chi connectivity index (χ0) is 16.3. The van der Waals surface area contributed by atoms with Crippen LogP contribution in [0.4, 0.5) is 11.4 Å². The third kappa shape index (κ3) is 4.05. The number of nitrogens with zero attached hydrogens (tertiary/aromatic N) is 2. The highest BCUT2D eigenvalue weighted by molar-refractivity contribution is 8.01. The predicted molar refractivity (Wildman–Crippen MR) is 88.8 cm³/mol. The van der Waals surface area contributed by atoms with Crippen molar-refractivity contribution in [2.45, 2.75) is 25.1 Å². The molecule has 1 aromatic heterocycles. The van der Waals surface area contributed by atoms with E-state index in [1.54, 1.807) is 19.9 Å². The fourth-order valence-corrected chi connectivity index (χ4v) is 3.60. The molecule has 2 aromatic rings. The van der Waals surface area contributed by atoms with Crippen LogP contribution in [0.1, 0.15) is 16.8 Å². The van der Waals surface area contributed by atoms with Gasteiger partial charge in [0.25, 0.3) is 5.69 Å². The molecule has 0 radical (unpaired) electrons. The van der Waals surface area contributed by atoms with Crippen molar-refractivity contribution in [2.75, 3.05) is 11.1 Å². The second kappa shape index (κ2) is 6.89. The Kier molecular flexibility index (Phi) is 5.15. The van der Waals surface area contributed by atoms with Crippen LogP contribution >= 0.6 is 23.1 Å². The molecule has 0 fully saturated rings. The summed E-state index contributed by atoms with van der Waals surface area (Å²) in [4.78, 5) is 26.9. The van der Waals surface area contributed by atoms with Gasteiger partial charge >= 0.3 is 0 Å². The van der Waals surface area contributed by atoms with Crippen LogP contribution in [0.3, 0.4) is 0 Å². The lowest BCUT2D eigenvalue weighted by molar-refractivity contribution is -0.384. The third-order valence-corrected chi connectivity index (χ3v) is 4.98. The first kappa shape index (κ1) is 16.4. The molecule has 0 aliphatic heterocycles. The Hall–Kier alpha value is -1.93. The first-order valence-corrected chi connectivity index (χ1v) is 8.33. The van der Waals surface area contributed by atoms with Gasteiger partial charge in [-0.2, -0.15) is 0 Å². The molecule has 0 bridgehead atoms. The molecule has 1 aromatic carbocycles. The van der Waals surface area contributed by atoms with Crippen molar-refractivity contribution in [3.63, 3.8) is 0 Å². The van der Waals surface area contributed by atoms with Gasteiger partial charge in [0, 0.05) is 17.1 Å². The largest absolute Gasteiger partial charge is 0.319 e. The number of hydrogen-bond acceptors (Lipinski definition) is 6. The van der Waals surface area contributed by atoms with E-state index in [1.807, 2.05) is 12.3 Å². The fraction of sp³-hybridized carbons (Fsp3) is 0.286. The summed E-state index contributed by atoms with van der Waals surface area (Å²) in [7, 11) is 0. The van der Waals surface area contributed by atoms with E-state index in [9.17, 15) is 14.9 Å². The van der Waals surface area contributed by atoms with Crippen molar-refractivity contribution < 1.29 is 9.72 Å². The molecule has 2 rings (SSSR count). The molecule has 6 nitrogen and oxygen atoms in total. The molecule has 0 spiro atoms. The van der Waals surface area contributed by atoms with Crippen molar-refractivity contribution in [3.05, 3.63) is 44.4 Å². The summed E-state index contributed by atoms with van der Waals surface area (Å²) >= 11 is 2.79. The highest BCUT2D eigenvalue weighted by Crippen LogP contribution is 2.30. The molecule has 116 valence electrons. The second-order valence-corrected chi connectivity index (χ2v) is 6.91. The Morgan fingerprint density at radius 2 is 2.14 bits per heavy atom. The average molecular weight is 337 g/mol. The van der Waals surface area contributed by atoms with Gasteiger partial charge in [-0.25, -0.2) is 4.98 Å². The summed E-state index contributed by atoms with van der Waals surface area (Å²) < 4.78 is 0.808. The van der Waals surface area contributed by atoms with Gasteiger partial charge in [0.05, 0.1) is 10.7 Å². The number of nitro groups is 1. The Labute approximate surface area is 136 Å². The Balaban J connectivity index is 2.09. The summed E-state index contributed by atoms with van der Waals surface area (Å²) in [6.07, 6.45) is 0. The number of benzene rings is 1. The topological polar surface area (TPSA) is 85.1 Å². The quantitative estimate of drug-likeness (QED) is 0.511. The number of rotatable bonds is 5. The van der Waals surface area contributed by atoms with Gasteiger partial charge in [-0.15, -0.1) is 11.3 Å². The molecule has 0 saturated heterocycles. The van der Waals surface area contributed by atoms with Gasteiger partial charge in [0.2, 0.25) is 5.91 Å². The van der Waals surface area contributed by atoms with E-state index in [2.05, 4.69) is 10.3 Å². The molecular formula is C14H15N3O3S2. The van der Waals surface area contributed by atoms with Crippen LogP contribution in [0.2, 0.25) is 0 Å². The van der Waals surface area contributed by atoms with Gasteiger partial charge in [-0.1, -0.05) is 17.8 Å². The minimum Gasteiger partial charge on any atom is -0.319 e. The van der Waals surface area contributed by atoms with E-state index in [0.29, 0.717) is 5.56 Å². The lowest BCUT2D eigenvalue weighted by atomic mass is 10.1. The SMILES string of the molecule is Cc1cc(C)c(NC(=O)CSc2nc(C)cs2)c([N+](=O)[O-])c1. The number of carbonyl (C=O) groups excluding carboxylic acids is 1. The van der Waals surface area contributed by atoms with Crippen LogP contribution < -0.4 is 5.32 Å². The molecule has 8 heteroatoms. The zero-order valence-corrected chi connectivity index (χ0v) is 14.0. The monoisotopic (exact) mass is 337 g/mol. The maximum Gasteiger partial charge on any atom is 0.293 e. The molecule has 1 heterocycles. The highest BCUT2D eigenvalue weighted by Gasteiger charge is 2.19. The number of aryl methyl sites for hydroxylation is 3. The summed E-state index contributed by atoms with van der Waals surface area (Å²) in [5.74, 6) is -0.120. The van der Waals surface area contributed by atoms with E-state index in [4.69, 9.17) is 0 Å². The minimum atomic E-state index is -0.479. The molecule has 1 N–H and O–H groups in total. The number of aromatic nitrogens is 1. The van der Waals surface area contributed by atoms with Gasteiger partial charge < -0.3 is 5.32 Å². The standard InChI is InChI=1S/C14H15N3O3S2/c1-8-4-9(2)13(11(5-8)17(19)20)16-12(18)7-22-14-15-10(3)6-21-14/h4-6H,7H2,1-3H3,(H,16,18). The summed E-state index contributed by atoms with van der Waals surface area (Å²) in [5.41, 5.74) is 2.56. The molecule has 22 heavy (non-hydrogen) atoms. The average Bonchev–Trinajstić information content (AvgIpc) is 2.84. The van der Waals surface area contributed by atoms with E-state index in [-0.39, 0.29) is 23.0 Å². The van der Waals surface area contributed by atoms with Crippen LogP contribution in [-0.4, -0.2) is 21.6 Å². The van der Waals surface area contributed by atoms with Gasteiger partial charge in [0.15, 0.2) is 4.34 Å². The van der Waals surface area contributed by atoms with Crippen LogP contribution in [0.5, 0.6) is 0 Å². The highest BCUT2D eigenvalue weighted by atomic mass is 32.2. The Morgan fingerprint density at radius 1 is 1.41 bits per heavy atom. The van der Waals surface area contributed by atoms with E-state index in [0.717, 1.165) is 15.6 Å². The van der Waals surface area contributed by atoms with Crippen molar-refractivity contribution in [1.82, 2.24) is 4.98 Å². The number of amides is 1. The number of nitrogens with one attached hydrogen (secondary N) is 1. The number of hydrogen-bond donors (Lipinski definition) is 1. The summed E-state index contributed by atoms with van der Waals surface area (Å²) in [5, 5.41) is 15.7. The van der Waals surface area contributed by atoms with Crippen LogP contribution in [-0.2, 0) is 4.79 Å². The lowest BCUT2D eigenvalue weighted by Gasteiger charge is -2.09. The van der Waals surface area contributed by atoms with Crippen LogP contribution in [0, 0.1) is 30.9 Å². The zero-order valence-electron chi connectivity index (χ0n) is 12.4. The number of thioether (sulfide) groups is 1. The Morgan fingerprint density at radius 3 is 2.73 bits per heavy atom. The third-order valence-electron chi connectivity index (χ3n) is 2.84. The van der Waals surface area contributed by atoms with Gasteiger partial charge in [0.1, 0.15) is 5.69 Å². The molecule has 0 aliphatic rings. The molecule has 0 saturated carbocycles. The van der Waals surface area contributed by atoms with Gasteiger partial charge in [-0.05, 0) is 31.9 Å². The second-order valence-electron chi connectivity index (χ2n) is 4.82. The maximum atomic E-state index is 12.0. The smallest absolute Gasteiger partial charge is 0.293 e. The van der Waals surface area contributed by atoms with Crippen LogP contribution in [0.15, 0.2) is 21.9 Å². The van der Waals surface area contributed by atoms with E-state index >= 15 is 0 Å². The molecule has 0 aliphatic carbocycles. The molecule has 1 amide bonds. The Bertz CT molecular complexity index is 728. The predicted octanol–water partition coefficient (Wildman–Crippen LogP) is 3.71. The number of thiazole rings is 1. The van der Waals surface area contributed by atoms with E-state index in [1.165, 1.54) is 29.2 Å². The summed E-state index contributed by atoms with van der Waals surface area (Å²) in [6, 6.07) is 3.26. The van der Waals surface area contributed by atoms with Crippen molar-refractivity contribution in [3.8, 4) is 0 Å². The van der Waals surface area contributed by atoms with Crippen molar-refractivity contribution in [1.29, 1.82) is 0 Å². The number of nitro benzene ring substituents is 1. The number of anilines is 1. The lowest BCUT2D eigenvalue weighted by Crippen LogP contribution is -2.16. The molecule has 0 atom stereocenters. The van der Waals surface area contributed by atoms with Crippen molar-refractivity contribution >= 4 is 40.4 Å². The molecular weight excluding hydrogens is 322 g/mol. The fourth-order valence-electron chi connectivity index (χ4n) is 1.95. The van der Waals surface area contributed by atoms with Crippen molar-refractivity contribution in [2.24, 2.45) is 0 Å². The minimum absolute atomic E-state index is 0.0825. The first-order valence-electron chi connectivity index (χ1n) is 6.47. The summed E-state index contributed by atoms with van der Waals surface area (Å²) in [6.45, 7) is 5.42. The van der Waals surface area contributed by atoms with Crippen LogP contribution in [0.25, 0.3) is 0 Å².